The van der Waals surface area contributed by atoms with Crippen LogP contribution < -0.4 is 0 Å². The van der Waals surface area contributed by atoms with Crippen LogP contribution in [0.15, 0.2) is 5.38 Å². The van der Waals surface area contributed by atoms with Gasteiger partial charge < -0.3 is 5.11 Å². The molecule has 1 saturated heterocycles. The highest BCUT2D eigenvalue weighted by Gasteiger charge is 2.29. The SMILES string of the molecule is CCS(=O)(=O)N1CCC(c2nc(C(=O)O)cs2)CC1. The molecule has 1 fully saturated rings. The Hall–Kier alpha value is -0.990. The van der Waals surface area contributed by atoms with Crippen LogP contribution in [0.5, 0.6) is 0 Å². The summed E-state index contributed by atoms with van der Waals surface area (Å²) in [5.41, 5.74) is 0.0728. The van der Waals surface area contributed by atoms with E-state index in [4.69, 9.17) is 5.11 Å². The molecule has 2 rings (SSSR count). The van der Waals surface area contributed by atoms with Gasteiger partial charge in [-0.05, 0) is 19.8 Å². The molecule has 0 aromatic carbocycles. The van der Waals surface area contributed by atoms with Crippen molar-refractivity contribution in [3.05, 3.63) is 16.1 Å². The van der Waals surface area contributed by atoms with Crippen LogP contribution in [0.4, 0.5) is 0 Å². The second kappa shape index (κ2) is 5.56. The Labute approximate surface area is 116 Å². The van der Waals surface area contributed by atoms with Crippen molar-refractivity contribution in [3.63, 3.8) is 0 Å². The maximum absolute atomic E-state index is 11.7. The molecule has 8 heteroatoms. The number of rotatable bonds is 4. The minimum atomic E-state index is -3.11. The number of nitrogens with zero attached hydrogens (tertiary/aromatic N) is 2. The molecule has 1 N–H and O–H groups in total. The van der Waals surface area contributed by atoms with Crippen molar-refractivity contribution in [3.8, 4) is 0 Å². The minimum Gasteiger partial charge on any atom is -0.476 e. The lowest BCUT2D eigenvalue weighted by molar-refractivity contribution is 0.0691. The fourth-order valence-corrected chi connectivity index (χ4v) is 4.23. The van der Waals surface area contributed by atoms with Gasteiger partial charge >= 0.3 is 5.97 Å². The predicted octanol–water partition coefficient (Wildman–Crippen LogP) is 1.37. The van der Waals surface area contributed by atoms with Gasteiger partial charge in [0.2, 0.25) is 10.0 Å². The van der Waals surface area contributed by atoms with Gasteiger partial charge in [-0.2, -0.15) is 0 Å². The van der Waals surface area contributed by atoms with Crippen LogP contribution in [-0.4, -0.2) is 47.6 Å². The largest absolute Gasteiger partial charge is 0.476 e. The molecule has 0 radical (unpaired) electrons. The highest BCUT2D eigenvalue weighted by Crippen LogP contribution is 2.31. The zero-order valence-electron chi connectivity index (χ0n) is 10.6. The Morgan fingerprint density at radius 2 is 2.16 bits per heavy atom. The van der Waals surface area contributed by atoms with Crippen LogP contribution in [-0.2, 0) is 10.0 Å². The predicted molar refractivity (Wildman–Crippen MR) is 72.1 cm³/mol. The van der Waals surface area contributed by atoms with Gasteiger partial charge in [-0.25, -0.2) is 22.5 Å². The smallest absolute Gasteiger partial charge is 0.355 e. The van der Waals surface area contributed by atoms with Crippen LogP contribution in [0, 0.1) is 0 Å². The summed E-state index contributed by atoms with van der Waals surface area (Å²) in [4.78, 5) is 14.9. The Morgan fingerprint density at radius 1 is 1.53 bits per heavy atom. The van der Waals surface area contributed by atoms with Crippen molar-refractivity contribution < 1.29 is 18.3 Å². The molecule has 1 aromatic rings. The summed E-state index contributed by atoms with van der Waals surface area (Å²) in [5, 5.41) is 11.2. The van der Waals surface area contributed by atoms with Crippen LogP contribution in [0.25, 0.3) is 0 Å². The van der Waals surface area contributed by atoms with Crippen LogP contribution >= 0.6 is 11.3 Å². The van der Waals surface area contributed by atoms with Gasteiger partial charge in [-0.15, -0.1) is 11.3 Å². The number of aromatic nitrogens is 1. The molecule has 0 atom stereocenters. The topological polar surface area (TPSA) is 87.6 Å². The molecule has 0 saturated carbocycles. The van der Waals surface area contributed by atoms with Gasteiger partial charge in [0, 0.05) is 24.4 Å². The first-order valence-corrected chi connectivity index (χ1v) is 8.59. The van der Waals surface area contributed by atoms with E-state index in [1.807, 2.05) is 0 Å². The summed E-state index contributed by atoms with van der Waals surface area (Å²) in [6.07, 6.45) is 1.40. The fourth-order valence-electron chi connectivity index (χ4n) is 2.14. The fraction of sp³-hybridized carbons (Fsp3) is 0.636. The molecule has 0 unspecified atom stereocenters. The monoisotopic (exact) mass is 304 g/mol. The van der Waals surface area contributed by atoms with Crippen molar-refractivity contribution in [2.45, 2.75) is 25.7 Å². The molecule has 106 valence electrons. The Kier molecular flexibility index (Phi) is 4.22. The van der Waals surface area contributed by atoms with Gasteiger partial charge in [0.05, 0.1) is 10.8 Å². The maximum Gasteiger partial charge on any atom is 0.355 e. The standard InChI is InChI=1S/C11H16N2O4S2/c1-2-19(16,17)13-5-3-8(4-6-13)10-12-9(7-18-10)11(14)15/h7-8H,2-6H2,1H3,(H,14,15). The number of hydrogen-bond acceptors (Lipinski definition) is 5. The van der Waals surface area contributed by atoms with Crippen molar-refractivity contribution in [1.82, 2.24) is 9.29 Å². The second-order valence-corrected chi connectivity index (χ2v) is 7.60. The quantitative estimate of drug-likeness (QED) is 0.907. The summed E-state index contributed by atoms with van der Waals surface area (Å²) >= 11 is 1.34. The molecule has 0 aliphatic carbocycles. The third kappa shape index (κ3) is 3.13. The molecular weight excluding hydrogens is 288 g/mol. The summed E-state index contributed by atoms with van der Waals surface area (Å²) < 4.78 is 25.0. The van der Waals surface area contributed by atoms with Gasteiger partial charge in [0.1, 0.15) is 0 Å². The first-order chi connectivity index (χ1) is 8.94. The third-order valence-electron chi connectivity index (χ3n) is 3.30. The highest BCUT2D eigenvalue weighted by atomic mass is 32.2. The van der Waals surface area contributed by atoms with Crippen molar-refractivity contribution in [1.29, 1.82) is 0 Å². The van der Waals surface area contributed by atoms with E-state index in [1.165, 1.54) is 21.0 Å². The number of aromatic carboxylic acids is 1. The van der Waals surface area contributed by atoms with E-state index in [0.29, 0.717) is 25.9 Å². The van der Waals surface area contributed by atoms with Crippen LogP contribution in [0.1, 0.15) is 41.2 Å². The number of sulfonamides is 1. The lowest BCUT2D eigenvalue weighted by atomic mass is 9.99. The van der Waals surface area contributed by atoms with Gasteiger partial charge in [0.15, 0.2) is 5.69 Å². The average molecular weight is 304 g/mol. The van der Waals surface area contributed by atoms with E-state index in [-0.39, 0.29) is 17.4 Å². The zero-order chi connectivity index (χ0) is 14.0. The number of thiazole rings is 1. The lowest BCUT2D eigenvalue weighted by Gasteiger charge is -2.29. The summed E-state index contributed by atoms with van der Waals surface area (Å²) in [5.74, 6) is -0.729. The second-order valence-electron chi connectivity index (χ2n) is 4.45. The molecule has 0 amide bonds. The lowest BCUT2D eigenvalue weighted by Crippen LogP contribution is -2.38. The molecule has 6 nitrogen and oxygen atoms in total. The third-order valence-corrected chi connectivity index (χ3v) is 6.19. The molecule has 1 aliphatic rings. The van der Waals surface area contributed by atoms with Crippen LogP contribution in [0.2, 0.25) is 0 Å². The Balaban J connectivity index is 2.01. The molecule has 19 heavy (non-hydrogen) atoms. The molecule has 1 aliphatic heterocycles. The number of piperidine rings is 1. The van der Waals surface area contributed by atoms with E-state index in [1.54, 1.807) is 6.92 Å². The molecule has 0 spiro atoms. The summed E-state index contributed by atoms with van der Waals surface area (Å²) in [6.45, 7) is 2.62. The summed E-state index contributed by atoms with van der Waals surface area (Å²) in [7, 11) is -3.11. The first-order valence-electron chi connectivity index (χ1n) is 6.10. The van der Waals surface area contributed by atoms with E-state index >= 15 is 0 Å². The van der Waals surface area contributed by atoms with Gasteiger partial charge in [0.25, 0.3) is 0 Å². The molecule has 1 aromatic heterocycles. The van der Waals surface area contributed by atoms with E-state index < -0.39 is 16.0 Å². The van der Waals surface area contributed by atoms with Gasteiger partial charge in [-0.1, -0.05) is 0 Å². The molecule has 0 bridgehead atoms. The number of carboxylic acids is 1. The van der Waals surface area contributed by atoms with Gasteiger partial charge in [-0.3, -0.25) is 0 Å². The summed E-state index contributed by atoms with van der Waals surface area (Å²) in [6, 6.07) is 0. The minimum absolute atomic E-state index is 0.0728. The van der Waals surface area contributed by atoms with Crippen molar-refractivity contribution in [2.24, 2.45) is 0 Å². The number of hydrogen-bond donors (Lipinski definition) is 1. The molecular formula is C11H16N2O4S2. The normalized spacial score (nSPS) is 18.6. The van der Waals surface area contributed by atoms with E-state index in [0.717, 1.165) is 5.01 Å². The van der Waals surface area contributed by atoms with Crippen molar-refractivity contribution in [2.75, 3.05) is 18.8 Å². The Bertz CT molecular complexity index is 559. The highest BCUT2D eigenvalue weighted by molar-refractivity contribution is 7.89. The average Bonchev–Trinajstić information content (AvgIpc) is 2.88. The van der Waals surface area contributed by atoms with Crippen molar-refractivity contribution >= 4 is 27.3 Å². The van der Waals surface area contributed by atoms with Crippen LogP contribution in [0.3, 0.4) is 0 Å². The number of carboxylic acid groups (broad SMARTS) is 1. The first kappa shape index (κ1) is 14.4. The Morgan fingerprint density at radius 3 is 2.63 bits per heavy atom. The van der Waals surface area contributed by atoms with E-state index in [9.17, 15) is 13.2 Å². The zero-order valence-corrected chi connectivity index (χ0v) is 12.2. The number of carbonyl (C=O) groups is 1. The maximum atomic E-state index is 11.7. The van der Waals surface area contributed by atoms with E-state index in [2.05, 4.69) is 4.98 Å². The molecule has 2 heterocycles.